The van der Waals surface area contributed by atoms with Crippen molar-refractivity contribution in [2.24, 2.45) is 0 Å². The van der Waals surface area contributed by atoms with Crippen LogP contribution in [0.5, 0.6) is 0 Å². The van der Waals surface area contributed by atoms with Gasteiger partial charge in [-0.2, -0.15) is 0 Å². The average molecular weight is 451 g/mol. The number of rotatable bonds is 6. The van der Waals surface area contributed by atoms with E-state index in [9.17, 15) is 9.18 Å². The molecule has 0 atom stereocenters. The van der Waals surface area contributed by atoms with Crippen molar-refractivity contribution < 1.29 is 18.0 Å². The number of hydrogen-bond acceptors (Lipinski definition) is 7. The van der Waals surface area contributed by atoms with Gasteiger partial charge >= 0.3 is 0 Å². The molecule has 1 aliphatic rings. The number of furan rings is 1. The summed E-state index contributed by atoms with van der Waals surface area (Å²) in [6.07, 6.45) is 1.56. The van der Waals surface area contributed by atoms with Gasteiger partial charge < -0.3 is 13.7 Å². The third-order valence-corrected chi connectivity index (χ3v) is 6.14. The van der Waals surface area contributed by atoms with Crippen molar-refractivity contribution in [2.75, 3.05) is 31.9 Å². The lowest BCUT2D eigenvalue weighted by Crippen LogP contribution is -2.48. The Hall–Kier alpha value is -2.36. The second-order valence-electron chi connectivity index (χ2n) is 6.91. The van der Waals surface area contributed by atoms with E-state index < -0.39 is 0 Å². The largest absolute Gasteiger partial charge is 0.469 e. The summed E-state index contributed by atoms with van der Waals surface area (Å²) < 4.78 is 24.8. The zero-order chi connectivity index (χ0) is 21.1. The molecule has 30 heavy (non-hydrogen) atoms. The smallest absolute Gasteiger partial charge is 0.277 e. The van der Waals surface area contributed by atoms with Gasteiger partial charge in [-0.25, -0.2) is 4.39 Å². The first kappa shape index (κ1) is 20.9. The molecule has 0 radical (unpaired) electrons. The van der Waals surface area contributed by atoms with E-state index in [1.165, 1.54) is 17.8 Å². The van der Waals surface area contributed by atoms with Crippen LogP contribution < -0.4 is 0 Å². The Morgan fingerprint density at radius 3 is 2.73 bits per heavy atom. The Morgan fingerprint density at radius 1 is 1.23 bits per heavy atom. The molecule has 1 saturated heterocycles. The van der Waals surface area contributed by atoms with E-state index in [0.29, 0.717) is 60.2 Å². The molecular formula is C20H20ClFN4O3S. The van der Waals surface area contributed by atoms with E-state index in [1.807, 2.05) is 6.92 Å². The van der Waals surface area contributed by atoms with Crippen molar-refractivity contribution >= 4 is 29.3 Å². The van der Waals surface area contributed by atoms with E-state index in [4.69, 9.17) is 20.4 Å². The van der Waals surface area contributed by atoms with Gasteiger partial charge in [0.15, 0.2) is 0 Å². The standard InChI is InChI=1S/C20H20ClFN4O3S/c1-13-14(5-10-28-13)19-23-24-20(29-19)30-12-18(27)26-8-6-25(7-9-26)11-15-16(21)3-2-4-17(15)22/h2-5,10H,6-9,11-12H2,1H3. The van der Waals surface area contributed by atoms with Crippen LogP contribution in [-0.4, -0.2) is 57.8 Å². The third-order valence-electron chi connectivity index (χ3n) is 4.98. The minimum absolute atomic E-state index is 0.00261. The normalized spacial score (nSPS) is 15.0. The summed E-state index contributed by atoms with van der Waals surface area (Å²) in [4.78, 5) is 16.4. The maximum Gasteiger partial charge on any atom is 0.277 e. The zero-order valence-electron chi connectivity index (χ0n) is 16.3. The second kappa shape index (κ2) is 9.20. The zero-order valence-corrected chi connectivity index (χ0v) is 17.9. The van der Waals surface area contributed by atoms with Gasteiger partial charge in [0, 0.05) is 43.3 Å². The number of halogens is 2. The fraction of sp³-hybridized carbons (Fsp3) is 0.350. The quantitative estimate of drug-likeness (QED) is 0.527. The van der Waals surface area contributed by atoms with Crippen molar-refractivity contribution in [3.63, 3.8) is 0 Å². The number of hydrogen-bond donors (Lipinski definition) is 0. The minimum Gasteiger partial charge on any atom is -0.469 e. The highest BCUT2D eigenvalue weighted by Crippen LogP contribution is 2.26. The Kier molecular flexibility index (Phi) is 6.40. The lowest BCUT2D eigenvalue weighted by Gasteiger charge is -2.34. The van der Waals surface area contributed by atoms with Gasteiger partial charge in [-0.1, -0.05) is 29.4 Å². The average Bonchev–Trinajstić information content (AvgIpc) is 3.38. The van der Waals surface area contributed by atoms with Gasteiger partial charge in [-0.3, -0.25) is 9.69 Å². The lowest BCUT2D eigenvalue weighted by molar-refractivity contribution is -0.130. The highest BCUT2D eigenvalue weighted by Gasteiger charge is 2.23. The van der Waals surface area contributed by atoms with Crippen LogP contribution in [0.3, 0.4) is 0 Å². The summed E-state index contributed by atoms with van der Waals surface area (Å²) in [5, 5.41) is 8.75. The van der Waals surface area contributed by atoms with Crippen LogP contribution in [0, 0.1) is 12.7 Å². The molecular weight excluding hydrogens is 431 g/mol. The molecule has 0 unspecified atom stereocenters. The molecule has 10 heteroatoms. The fourth-order valence-corrected chi connectivity index (χ4v) is 4.15. The number of benzene rings is 1. The Labute approximate surface area is 182 Å². The number of aromatic nitrogens is 2. The monoisotopic (exact) mass is 450 g/mol. The molecule has 3 heterocycles. The number of amides is 1. The van der Waals surface area contributed by atoms with E-state index in [0.717, 1.165) is 5.56 Å². The van der Waals surface area contributed by atoms with Crippen LogP contribution >= 0.6 is 23.4 Å². The first-order chi connectivity index (χ1) is 14.5. The number of thioether (sulfide) groups is 1. The van der Waals surface area contributed by atoms with Crippen molar-refractivity contribution in [3.05, 3.63) is 52.7 Å². The van der Waals surface area contributed by atoms with Crippen LogP contribution in [0.25, 0.3) is 11.5 Å². The van der Waals surface area contributed by atoms with E-state index >= 15 is 0 Å². The van der Waals surface area contributed by atoms with Crippen LogP contribution in [0.4, 0.5) is 4.39 Å². The van der Waals surface area contributed by atoms with Gasteiger partial charge in [0.2, 0.25) is 5.91 Å². The van der Waals surface area contributed by atoms with Crippen molar-refractivity contribution in [3.8, 4) is 11.5 Å². The predicted octanol–water partition coefficient (Wildman–Crippen LogP) is 3.87. The first-order valence-corrected chi connectivity index (χ1v) is 10.8. The molecule has 7 nitrogen and oxygen atoms in total. The molecule has 0 aliphatic carbocycles. The summed E-state index contributed by atoms with van der Waals surface area (Å²) in [5.74, 6) is 0.979. The highest BCUT2D eigenvalue weighted by molar-refractivity contribution is 7.99. The fourth-order valence-electron chi connectivity index (χ4n) is 3.26. The maximum atomic E-state index is 14.0. The van der Waals surface area contributed by atoms with Crippen molar-refractivity contribution in [1.29, 1.82) is 0 Å². The molecule has 2 aromatic heterocycles. The summed E-state index contributed by atoms with van der Waals surface area (Å²) in [6.45, 7) is 4.72. The number of carbonyl (C=O) groups is 1. The highest BCUT2D eigenvalue weighted by atomic mass is 35.5. The third kappa shape index (κ3) is 4.69. The van der Waals surface area contributed by atoms with Crippen LogP contribution in [-0.2, 0) is 11.3 Å². The molecule has 1 fully saturated rings. The first-order valence-electron chi connectivity index (χ1n) is 9.45. The molecule has 0 saturated carbocycles. The summed E-state index contributed by atoms with van der Waals surface area (Å²) in [6, 6.07) is 6.46. The van der Waals surface area contributed by atoms with Crippen LogP contribution in [0.15, 0.2) is 44.6 Å². The molecule has 1 aliphatic heterocycles. The van der Waals surface area contributed by atoms with Crippen LogP contribution in [0.1, 0.15) is 11.3 Å². The number of nitrogens with zero attached hydrogens (tertiary/aromatic N) is 4. The molecule has 3 aromatic rings. The molecule has 1 amide bonds. The van der Waals surface area contributed by atoms with Gasteiger partial charge in [0.1, 0.15) is 11.6 Å². The number of carbonyl (C=O) groups excluding carboxylic acids is 1. The molecule has 0 N–H and O–H groups in total. The van der Waals surface area contributed by atoms with Gasteiger partial charge in [0.05, 0.1) is 17.6 Å². The lowest BCUT2D eigenvalue weighted by atomic mass is 10.2. The van der Waals surface area contributed by atoms with Crippen molar-refractivity contribution in [2.45, 2.75) is 18.7 Å². The predicted molar refractivity (Wildman–Crippen MR) is 111 cm³/mol. The van der Waals surface area contributed by atoms with Crippen LogP contribution in [0.2, 0.25) is 5.02 Å². The second-order valence-corrected chi connectivity index (χ2v) is 8.24. The topological polar surface area (TPSA) is 75.6 Å². The molecule has 158 valence electrons. The Bertz CT molecular complexity index is 1010. The van der Waals surface area contributed by atoms with E-state index in [-0.39, 0.29) is 17.5 Å². The summed E-state index contributed by atoms with van der Waals surface area (Å²) in [7, 11) is 0. The summed E-state index contributed by atoms with van der Waals surface area (Å²) in [5.41, 5.74) is 1.24. The van der Waals surface area contributed by atoms with E-state index in [1.54, 1.807) is 29.4 Å². The Balaban J connectivity index is 1.26. The SMILES string of the molecule is Cc1occc1-c1nnc(SCC(=O)N2CCN(Cc3c(F)cccc3Cl)CC2)o1. The molecule has 4 rings (SSSR count). The van der Waals surface area contributed by atoms with Gasteiger partial charge in [-0.15, -0.1) is 10.2 Å². The molecule has 1 aromatic carbocycles. The minimum atomic E-state index is -0.304. The van der Waals surface area contributed by atoms with Gasteiger partial charge in [0.25, 0.3) is 11.1 Å². The Morgan fingerprint density at radius 2 is 2.03 bits per heavy atom. The van der Waals surface area contributed by atoms with E-state index in [2.05, 4.69) is 15.1 Å². The van der Waals surface area contributed by atoms with Crippen molar-refractivity contribution in [1.82, 2.24) is 20.0 Å². The maximum absolute atomic E-state index is 14.0. The number of aryl methyl sites for hydroxylation is 1. The summed E-state index contributed by atoms with van der Waals surface area (Å²) >= 11 is 7.32. The van der Waals surface area contributed by atoms with Gasteiger partial charge in [-0.05, 0) is 25.1 Å². The molecule has 0 spiro atoms. The number of piperazine rings is 1. The molecule has 0 bridgehead atoms.